The van der Waals surface area contributed by atoms with Crippen molar-refractivity contribution in [2.24, 2.45) is 11.8 Å². The zero-order chi connectivity index (χ0) is 15.4. The number of rotatable bonds is 6. The predicted molar refractivity (Wildman–Crippen MR) is 91.9 cm³/mol. The molecule has 1 aliphatic heterocycles. The topological polar surface area (TPSA) is 23.5 Å². The smallest absolute Gasteiger partial charge is 0.0688 e. The molecule has 1 aliphatic carbocycles. The first-order chi connectivity index (χ1) is 10.7. The minimum absolute atomic E-state index is 0.373. The van der Waals surface area contributed by atoms with Crippen LogP contribution in [0.15, 0.2) is 30.3 Å². The molecule has 2 aliphatic rings. The number of benzene rings is 1. The lowest BCUT2D eigenvalue weighted by Gasteiger charge is -2.40. The van der Waals surface area contributed by atoms with Crippen LogP contribution in [0.3, 0.4) is 0 Å². The van der Waals surface area contributed by atoms with Gasteiger partial charge < -0.3 is 10.0 Å². The van der Waals surface area contributed by atoms with Crippen LogP contribution in [0.1, 0.15) is 51.0 Å². The Hall–Kier alpha value is -0.860. The Labute approximate surface area is 135 Å². The van der Waals surface area contributed by atoms with E-state index in [-0.39, 0.29) is 5.60 Å². The van der Waals surface area contributed by atoms with E-state index in [0.29, 0.717) is 5.92 Å². The quantitative estimate of drug-likeness (QED) is 0.806. The number of fused-ring (bicyclic) bond motifs is 1. The fourth-order valence-corrected chi connectivity index (χ4v) is 4.65. The van der Waals surface area contributed by atoms with Crippen molar-refractivity contribution in [3.8, 4) is 0 Å². The van der Waals surface area contributed by atoms with Crippen molar-refractivity contribution in [3.05, 3.63) is 35.9 Å². The summed E-state index contributed by atoms with van der Waals surface area (Å²) in [5.74, 6) is 1.27. The van der Waals surface area contributed by atoms with Crippen LogP contribution in [0.5, 0.6) is 0 Å². The summed E-state index contributed by atoms with van der Waals surface area (Å²) >= 11 is 0. The van der Waals surface area contributed by atoms with E-state index in [2.05, 4.69) is 42.2 Å². The SMILES string of the molecule is CC[C@]1(O)CCC[C@H]2CN(CCCCc3ccccc3)C[C@H]21. The molecule has 2 nitrogen and oxygen atoms in total. The Morgan fingerprint density at radius 3 is 2.77 bits per heavy atom. The molecule has 2 fully saturated rings. The molecule has 0 spiro atoms. The number of aryl methyl sites for hydroxylation is 1. The Bertz CT molecular complexity index is 460. The van der Waals surface area contributed by atoms with Crippen LogP contribution in [0, 0.1) is 11.8 Å². The van der Waals surface area contributed by atoms with Crippen molar-refractivity contribution >= 4 is 0 Å². The third kappa shape index (κ3) is 3.55. The Kier molecular flexibility index (Phi) is 5.20. The Morgan fingerprint density at radius 2 is 2.00 bits per heavy atom. The standard InChI is InChI=1S/C20H31NO/c1-2-20(22)13-8-12-18-15-21(16-19(18)20)14-7-6-11-17-9-4-3-5-10-17/h3-5,9-10,18-19,22H,2,6-8,11-16H2,1H3/t18-,19+,20-/m0/s1. The average Bonchev–Trinajstić information content (AvgIpc) is 2.97. The largest absolute Gasteiger partial charge is 0.390 e. The molecule has 3 rings (SSSR count). The Balaban J connectivity index is 1.43. The lowest BCUT2D eigenvalue weighted by Crippen LogP contribution is -2.44. The van der Waals surface area contributed by atoms with E-state index in [9.17, 15) is 5.11 Å². The zero-order valence-electron chi connectivity index (χ0n) is 14.0. The van der Waals surface area contributed by atoms with Crippen molar-refractivity contribution < 1.29 is 5.11 Å². The number of hydrogen-bond acceptors (Lipinski definition) is 2. The molecule has 0 bridgehead atoms. The second-order valence-electron chi connectivity index (χ2n) is 7.42. The molecule has 1 heterocycles. The van der Waals surface area contributed by atoms with Gasteiger partial charge >= 0.3 is 0 Å². The van der Waals surface area contributed by atoms with Crippen molar-refractivity contribution in [3.63, 3.8) is 0 Å². The number of hydrogen-bond donors (Lipinski definition) is 1. The zero-order valence-corrected chi connectivity index (χ0v) is 14.0. The van der Waals surface area contributed by atoms with Crippen LogP contribution >= 0.6 is 0 Å². The lowest BCUT2D eigenvalue weighted by molar-refractivity contribution is -0.0612. The summed E-state index contributed by atoms with van der Waals surface area (Å²) in [7, 11) is 0. The third-order valence-corrected chi connectivity index (χ3v) is 6.04. The molecule has 122 valence electrons. The normalized spacial score (nSPS) is 32.1. The van der Waals surface area contributed by atoms with Crippen LogP contribution in [0.25, 0.3) is 0 Å². The molecule has 1 saturated heterocycles. The second-order valence-corrected chi connectivity index (χ2v) is 7.42. The second kappa shape index (κ2) is 7.14. The van der Waals surface area contributed by atoms with Crippen molar-refractivity contribution in [1.29, 1.82) is 0 Å². The fraction of sp³-hybridized carbons (Fsp3) is 0.700. The lowest BCUT2D eigenvalue weighted by atomic mass is 9.69. The molecule has 22 heavy (non-hydrogen) atoms. The van der Waals surface area contributed by atoms with Gasteiger partial charge in [-0.3, -0.25) is 0 Å². The van der Waals surface area contributed by atoms with Gasteiger partial charge in [-0.1, -0.05) is 43.7 Å². The summed E-state index contributed by atoms with van der Waals surface area (Å²) in [5, 5.41) is 10.9. The molecule has 1 N–H and O–H groups in total. The maximum Gasteiger partial charge on any atom is 0.0688 e. The fourth-order valence-electron chi connectivity index (χ4n) is 4.65. The van der Waals surface area contributed by atoms with Crippen LogP contribution in [0.2, 0.25) is 0 Å². The van der Waals surface area contributed by atoms with Gasteiger partial charge in [0.15, 0.2) is 0 Å². The summed E-state index contributed by atoms with van der Waals surface area (Å²) in [4.78, 5) is 2.62. The highest BCUT2D eigenvalue weighted by Crippen LogP contribution is 2.44. The van der Waals surface area contributed by atoms with Gasteiger partial charge in [0.05, 0.1) is 5.60 Å². The predicted octanol–water partition coefficient (Wildman–Crippen LogP) is 3.88. The van der Waals surface area contributed by atoms with Crippen LogP contribution in [-0.4, -0.2) is 35.2 Å². The molecule has 0 amide bonds. The van der Waals surface area contributed by atoms with Crippen molar-refractivity contribution in [1.82, 2.24) is 4.90 Å². The number of likely N-dealkylation sites (tertiary alicyclic amines) is 1. The molecule has 1 saturated carbocycles. The number of unbranched alkanes of at least 4 members (excludes halogenated alkanes) is 1. The molecule has 1 aromatic carbocycles. The van der Waals surface area contributed by atoms with E-state index in [0.717, 1.165) is 25.3 Å². The van der Waals surface area contributed by atoms with Crippen molar-refractivity contribution in [2.45, 2.75) is 57.5 Å². The van der Waals surface area contributed by atoms with E-state index >= 15 is 0 Å². The monoisotopic (exact) mass is 301 g/mol. The van der Waals surface area contributed by atoms with Gasteiger partial charge in [-0.25, -0.2) is 0 Å². The third-order valence-electron chi connectivity index (χ3n) is 6.04. The van der Waals surface area contributed by atoms with E-state index in [1.807, 2.05) is 0 Å². The first-order valence-corrected chi connectivity index (χ1v) is 9.20. The van der Waals surface area contributed by atoms with E-state index in [1.54, 1.807) is 0 Å². The molecule has 1 aromatic rings. The molecule has 2 heteroatoms. The maximum atomic E-state index is 10.9. The van der Waals surface area contributed by atoms with Gasteiger partial charge in [0, 0.05) is 19.0 Å². The average molecular weight is 301 g/mol. The maximum absolute atomic E-state index is 10.9. The highest BCUT2D eigenvalue weighted by atomic mass is 16.3. The minimum atomic E-state index is -0.373. The molecule has 0 unspecified atom stereocenters. The molecular formula is C20H31NO. The van der Waals surface area contributed by atoms with E-state index in [1.165, 1.54) is 50.8 Å². The van der Waals surface area contributed by atoms with Gasteiger partial charge in [0.1, 0.15) is 0 Å². The first-order valence-electron chi connectivity index (χ1n) is 9.20. The molecular weight excluding hydrogens is 270 g/mol. The summed E-state index contributed by atoms with van der Waals surface area (Å²) in [6.07, 6.45) is 8.23. The molecule has 3 atom stereocenters. The summed E-state index contributed by atoms with van der Waals surface area (Å²) in [6.45, 7) is 5.71. The molecule has 0 aromatic heterocycles. The highest BCUT2D eigenvalue weighted by Gasteiger charge is 2.47. The van der Waals surface area contributed by atoms with Crippen LogP contribution in [-0.2, 0) is 6.42 Å². The summed E-state index contributed by atoms with van der Waals surface area (Å²) in [6, 6.07) is 10.8. The van der Waals surface area contributed by atoms with Crippen LogP contribution < -0.4 is 0 Å². The Morgan fingerprint density at radius 1 is 1.18 bits per heavy atom. The van der Waals surface area contributed by atoms with Gasteiger partial charge in [-0.2, -0.15) is 0 Å². The van der Waals surface area contributed by atoms with E-state index in [4.69, 9.17) is 0 Å². The van der Waals surface area contributed by atoms with Crippen LogP contribution in [0.4, 0.5) is 0 Å². The number of aliphatic hydroxyl groups is 1. The van der Waals surface area contributed by atoms with Gasteiger partial charge in [0.2, 0.25) is 0 Å². The molecule has 0 radical (unpaired) electrons. The van der Waals surface area contributed by atoms with Crippen molar-refractivity contribution in [2.75, 3.05) is 19.6 Å². The van der Waals surface area contributed by atoms with Gasteiger partial charge in [-0.15, -0.1) is 0 Å². The highest BCUT2D eigenvalue weighted by molar-refractivity contribution is 5.14. The summed E-state index contributed by atoms with van der Waals surface area (Å²) in [5.41, 5.74) is 1.08. The first kappa shape index (κ1) is 16.0. The van der Waals surface area contributed by atoms with E-state index < -0.39 is 0 Å². The van der Waals surface area contributed by atoms with Gasteiger partial charge in [0.25, 0.3) is 0 Å². The van der Waals surface area contributed by atoms with Gasteiger partial charge in [-0.05, 0) is 56.6 Å². The number of nitrogens with zero attached hydrogens (tertiary/aromatic N) is 1. The minimum Gasteiger partial charge on any atom is -0.390 e. The summed E-state index contributed by atoms with van der Waals surface area (Å²) < 4.78 is 0.